The normalized spacial score (nSPS) is 34.0. The zero-order valence-corrected chi connectivity index (χ0v) is 24.0. The Balaban J connectivity index is 1.23. The molecule has 0 aliphatic carbocycles. The van der Waals surface area contributed by atoms with Gasteiger partial charge in [-0.1, -0.05) is 6.58 Å². The van der Waals surface area contributed by atoms with Crippen LogP contribution in [0.2, 0.25) is 0 Å². The molecule has 0 saturated carbocycles. The molecule has 4 aliphatic heterocycles. The number of ether oxygens (including phenoxy) is 8. The molecule has 1 saturated heterocycles. The maximum absolute atomic E-state index is 12.2. The highest BCUT2D eigenvalue weighted by molar-refractivity contribution is 5.60. The van der Waals surface area contributed by atoms with Crippen LogP contribution in [0.5, 0.6) is 28.7 Å². The molecule has 4 aliphatic rings. The largest absolute Gasteiger partial charge is 0.493 e. The molecule has 43 heavy (non-hydrogen) atoms. The number of hydrogen-bond acceptors (Lipinski definition) is 13. The first-order valence-corrected chi connectivity index (χ1v) is 13.9. The predicted molar refractivity (Wildman–Crippen MR) is 147 cm³/mol. The third-order valence-corrected chi connectivity index (χ3v) is 8.62. The zero-order valence-electron chi connectivity index (χ0n) is 24.0. The molecule has 0 spiro atoms. The average Bonchev–Trinajstić information content (AvgIpc) is 3.46. The SMILES string of the molecule is C=C(CO[C@@H]1O[C@H](CO)[C@@H](O)[C@H](O)[C@H]1O)[C@@H]1Cc2c(ccc3c2O[C@@H]2COc4cc(OC)c(OC)cc4[C@]2(O)[C@H]3OC)O1. The summed E-state index contributed by atoms with van der Waals surface area (Å²) in [5.41, 5.74) is 0.764. The third-order valence-electron chi connectivity index (χ3n) is 8.62. The number of rotatable bonds is 8. The lowest BCUT2D eigenvalue weighted by Crippen LogP contribution is -2.59. The van der Waals surface area contributed by atoms with E-state index in [1.807, 2.05) is 0 Å². The highest BCUT2D eigenvalue weighted by Gasteiger charge is 2.57. The number of aliphatic hydroxyl groups excluding tert-OH is 4. The van der Waals surface area contributed by atoms with Crippen LogP contribution in [0.15, 0.2) is 36.4 Å². The van der Waals surface area contributed by atoms with Crippen molar-refractivity contribution in [1.82, 2.24) is 0 Å². The van der Waals surface area contributed by atoms with Crippen LogP contribution in [0.3, 0.4) is 0 Å². The minimum Gasteiger partial charge on any atom is -0.493 e. The molecule has 13 nitrogen and oxygen atoms in total. The number of fused-ring (bicyclic) bond motifs is 6. The van der Waals surface area contributed by atoms with Gasteiger partial charge in [-0.05, 0) is 23.8 Å². The van der Waals surface area contributed by atoms with Crippen molar-refractivity contribution in [3.63, 3.8) is 0 Å². The van der Waals surface area contributed by atoms with Gasteiger partial charge in [-0.25, -0.2) is 0 Å². The summed E-state index contributed by atoms with van der Waals surface area (Å²) in [5.74, 6) is 2.42. The summed E-state index contributed by atoms with van der Waals surface area (Å²) >= 11 is 0. The fourth-order valence-electron chi connectivity index (χ4n) is 6.25. The first kappa shape index (κ1) is 29.9. The van der Waals surface area contributed by atoms with Crippen molar-refractivity contribution in [3.05, 3.63) is 53.1 Å². The number of benzene rings is 2. The first-order chi connectivity index (χ1) is 20.7. The van der Waals surface area contributed by atoms with E-state index in [-0.39, 0.29) is 13.2 Å². The zero-order chi connectivity index (χ0) is 30.6. The van der Waals surface area contributed by atoms with E-state index in [1.165, 1.54) is 21.3 Å². The first-order valence-electron chi connectivity index (χ1n) is 13.9. The van der Waals surface area contributed by atoms with Crippen LogP contribution < -0.4 is 23.7 Å². The summed E-state index contributed by atoms with van der Waals surface area (Å²) in [4.78, 5) is 0. The molecule has 0 unspecified atom stereocenters. The Bertz CT molecular complexity index is 1380. The van der Waals surface area contributed by atoms with Crippen molar-refractivity contribution < 1.29 is 63.4 Å². The predicted octanol–water partition coefficient (Wildman–Crippen LogP) is 0.109. The van der Waals surface area contributed by atoms with Crippen molar-refractivity contribution in [3.8, 4) is 28.7 Å². The van der Waals surface area contributed by atoms with E-state index < -0.39 is 61.2 Å². The van der Waals surface area contributed by atoms with E-state index in [2.05, 4.69) is 6.58 Å². The molecule has 0 radical (unpaired) electrons. The minimum absolute atomic E-state index is 0.0475. The van der Waals surface area contributed by atoms with Crippen molar-refractivity contribution in [2.45, 2.75) is 61.0 Å². The molecule has 0 amide bonds. The van der Waals surface area contributed by atoms with E-state index >= 15 is 0 Å². The Labute approximate surface area is 247 Å². The van der Waals surface area contributed by atoms with Gasteiger partial charge in [-0.2, -0.15) is 0 Å². The molecular weight excluding hydrogens is 568 g/mol. The average molecular weight is 605 g/mol. The Morgan fingerprint density at radius 2 is 1.74 bits per heavy atom. The van der Waals surface area contributed by atoms with E-state index in [4.69, 9.17) is 37.9 Å². The van der Waals surface area contributed by atoms with Gasteiger partial charge in [0.15, 0.2) is 29.5 Å². The smallest absolute Gasteiger partial charge is 0.187 e. The van der Waals surface area contributed by atoms with Crippen molar-refractivity contribution in [2.24, 2.45) is 0 Å². The van der Waals surface area contributed by atoms with Gasteiger partial charge in [0, 0.05) is 36.3 Å². The molecule has 5 N–H and O–H groups in total. The van der Waals surface area contributed by atoms with Crippen LogP contribution in [-0.4, -0.2) is 110 Å². The second-order valence-corrected chi connectivity index (χ2v) is 11.0. The second kappa shape index (κ2) is 11.4. The van der Waals surface area contributed by atoms with Gasteiger partial charge < -0.3 is 63.4 Å². The molecule has 2 aromatic carbocycles. The molecule has 0 bridgehead atoms. The van der Waals surface area contributed by atoms with E-state index in [0.29, 0.717) is 51.9 Å². The van der Waals surface area contributed by atoms with Crippen molar-refractivity contribution >= 4 is 0 Å². The van der Waals surface area contributed by atoms with E-state index in [1.54, 1.807) is 24.3 Å². The van der Waals surface area contributed by atoms with Gasteiger partial charge >= 0.3 is 0 Å². The molecule has 2 aromatic rings. The Hall–Kier alpha value is -3.14. The van der Waals surface area contributed by atoms with Gasteiger partial charge in [0.05, 0.1) is 27.4 Å². The number of aliphatic hydroxyl groups is 5. The lowest BCUT2D eigenvalue weighted by molar-refractivity contribution is -0.299. The maximum Gasteiger partial charge on any atom is 0.187 e. The number of hydrogen-bond donors (Lipinski definition) is 5. The van der Waals surface area contributed by atoms with E-state index in [9.17, 15) is 25.5 Å². The second-order valence-electron chi connectivity index (χ2n) is 11.0. The Morgan fingerprint density at radius 1 is 1.00 bits per heavy atom. The van der Waals surface area contributed by atoms with Crippen LogP contribution >= 0.6 is 0 Å². The Morgan fingerprint density at radius 3 is 2.44 bits per heavy atom. The maximum atomic E-state index is 12.2. The van der Waals surface area contributed by atoms with Crippen LogP contribution in [0.4, 0.5) is 0 Å². The van der Waals surface area contributed by atoms with Crippen LogP contribution in [0, 0.1) is 0 Å². The van der Waals surface area contributed by atoms with Gasteiger partial charge in [-0.15, -0.1) is 0 Å². The molecule has 1 fully saturated rings. The highest BCUT2D eigenvalue weighted by Crippen LogP contribution is 2.57. The van der Waals surface area contributed by atoms with Crippen LogP contribution in [0.1, 0.15) is 22.8 Å². The summed E-state index contributed by atoms with van der Waals surface area (Å²) < 4.78 is 46.5. The molecule has 234 valence electrons. The fourth-order valence-corrected chi connectivity index (χ4v) is 6.25. The summed E-state index contributed by atoms with van der Waals surface area (Å²) in [6.45, 7) is 3.47. The lowest BCUT2D eigenvalue weighted by Gasteiger charge is -2.48. The molecular formula is C30H36O13. The van der Waals surface area contributed by atoms with E-state index in [0.717, 1.165) is 5.56 Å². The van der Waals surface area contributed by atoms with Crippen molar-refractivity contribution in [1.29, 1.82) is 0 Å². The third kappa shape index (κ3) is 4.71. The highest BCUT2D eigenvalue weighted by atomic mass is 16.7. The molecule has 13 heteroatoms. The standard InChI is InChI=1S/C30H36O13/c1-13(11-40-29-26(34)25(33)24(32)22(10-31)42-29)18-7-15-17(41-18)6-5-14-27(15)43-23-12-39-19-9-21(37-3)20(36-2)8-16(19)30(23,35)28(14)38-4/h5-6,8-9,18,22-26,28-29,31-35H,1,7,10-12H2,2-4H3/t18-,22+,23+,24+,25-,26+,28-,29+,30+/m0/s1. The fraction of sp³-hybridized carbons (Fsp3) is 0.533. The number of methoxy groups -OCH3 is 3. The van der Waals surface area contributed by atoms with Crippen LogP contribution in [-0.2, 0) is 26.2 Å². The van der Waals surface area contributed by atoms with Gasteiger partial charge in [0.1, 0.15) is 60.5 Å². The van der Waals surface area contributed by atoms with Crippen molar-refractivity contribution in [2.75, 3.05) is 41.2 Å². The summed E-state index contributed by atoms with van der Waals surface area (Å²) in [6.07, 6.45) is -8.71. The Kier molecular flexibility index (Phi) is 7.94. The summed E-state index contributed by atoms with van der Waals surface area (Å²) in [5, 5.41) is 52.0. The van der Waals surface area contributed by atoms with Gasteiger partial charge in [0.2, 0.25) is 0 Å². The molecule has 6 rings (SSSR count). The molecule has 9 atom stereocenters. The van der Waals surface area contributed by atoms with Crippen LogP contribution in [0.25, 0.3) is 0 Å². The van der Waals surface area contributed by atoms with Gasteiger partial charge in [0.25, 0.3) is 0 Å². The molecule has 0 aromatic heterocycles. The molecule has 4 heterocycles. The minimum atomic E-state index is -1.61. The lowest BCUT2D eigenvalue weighted by atomic mass is 9.75. The summed E-state index contributed by atoms with van der Waals surface area (Å²) in [6, 6.07) is 6.92. The quantitative estimate of drug-likeness (QED) is 0.257. The van der Waals surface area contributed by atoms with Gasteiger partial charge in [-0.3, -0.25) is 0 Å². The monoisotopic (exact) mass is 604 g/mol. The summed E-state index contributed by atoms with van der Waals surface area (Å²) in [7, 11) is 4.56. The topological polar surface area (TPSA) is 175 Å².